The Kier molecular flexibility index (Phi) is 5.24. The lowest BCUT2D eigenvalue weighted by atomic mass is 10.2. The minimum Gasteiger partial charge on any atom is -0.363 e. The van der Waals surface area contributed by atoms with E-state index in [-0.39, 0.29) is 36.9 Å². The van der Waals surface area contributed by atoms with Crippen molar-refractivity contribution in [3.8, 4) is 0 Å². The van der Waals surface area contributed by atoms with Gasteiger partial charge in [0.15, 0.2) is 23.3 Å². The van der Waals surface area contributed by atoms with E-state index in [1.54, 1.807) is 6.07 Å². The molecule has 3 rings (SSSR count). The van der Waals surface area contributed by atoms with Crippen LogP contribution in [-0.2, 0) is 0 Å². The third-order valence-electron chi connectivity index (χ3n) is 4.06. The van der Waals surface area contributed by atoms with Gasteiger partial charge >= 0.3 is 0 Å². The van der Waals surface area contributed by atoms with Gasteiger partial charge in [-0.15, -0.1) is 0 Å². The van der Waals surface area contributed by atoms with Gasteiger partial charge in [-0.05, 0) is 12.1 Å². The molecular weight excluding hydrogens is 397 g/mol. The van der Waals surface area contributed by atoms with Crippen LogP contribution in [0.2, 0.25) is 10.2 Å². The zero-order chi connectivity index (χ0) is 19.0. The van der Waals surface area contributed by atoms with Crippen molar-refractivity contribution >= 4 is 34.8 Å². The molecule has 0 saturated carbocycles. The molecule has 26 heavy (non-hydrogen) atoms. The Morgan fingerprint density at radius 1 is 0.962 bits per heavy atom. The van der Waals surface area contributed by atoms with Crippen molar-refractivity contribution in [2.24, 2.45) is 0 Å². The highest BCUT2D eigenvalue weighted by atomic mass is 35.5. The van der Waals surface area contributed by atoms with E-state index in [9.17, 15) is 22.4 Å². The fraction of sp³-hybridized carbons (Fsp3) is 0.250. The molecule has 0 bridgehead atoms. The number of nitrogens with zero attached hydrogens (tertiary/aromatic N) is 3. The Hall–Kier alpha value is -2.06. The van der Waals surface area contributed by atoms with Gasteiger partial charge in [-0.25, -0.2) is 22.5 Å². The number of halogens is 6. The number of amides is 1. The number of carbonyl (C=O) groups is 1. The highest BCUT2D eigenvalue weighted by Gasteiger charge is 2.31. The third-order valence-corrected chi connectivity index (χ3v) is 4.69. The second-order valence-corrected chi connectivity index (χ2v) is 6.28. The summed E-state index contributed by atoms with van der Waals surface area (Å²) < 4.78 is 55.4. The number of benzene rings is 1. The Labute approximate surface area is 155 Å². The summed E-state index contributed by atoms with van der Waals surface area (Å²) in [6.45, 7) is 0.0968. The van der Waals surface area contributed by atoms with Crippen molar-refractivity contribution in [3.05, 3.63) is 57.3 Å². The van der Waals surface area contributed by atoms with Crippen LogP contribution < -0.4 is 4.90 Å². The Morgan fingerprint density at radius 2 is 1.54 bits per heavy atom. The topological polar surface area (TPSA) is 36.4 Å². The van der Waals surface area contributed by atoms with Gasteiger partial charge in [-0.2, -0.15) is 0 Å². The predicted octanol–water partition coefficient (Wildman–Crippen LogP) is 3.91. The molecule has 0 radical (unpaired) electrons. The smallest absolute Gasteiger partial charge is 0.257 e. The lowest BCUT2D eigenvalue weighted by Gasteiger charge is -2.36. The highest BCUT2D eigenvalue weighted by molar-refractivity contribution is 6.32. The van der Waals surface area contributed by atoms with Crippen LogP contribution in [0.4, 0.5) is 23.2 Å². The van der Waals surface area contributed by atoms with Gasteiger partial charge in [0, 0.05) is 32.4 Å². The van der Waals surface area contributed by atoms with Crippen molar-refractivity contribution in [1.29, 1.82) is 0 Å². The number of hydrogen-bond acceptors (Lipinski definition) is 3. The van der Waals surface area contributed by atoms with Crippen molar-refractivity contribution in [3.63, 3.8) is 0 Å². The van der Waals surface area contributed by atoms with Crippen LogP contribution in [0.25, 0.3) is 0 Å². The minimum atomic E-state index is -1.65. The summed E-state index contributed by atoms with van der Waals surface area (Å²) in [5, 5.41) is -1.19. The number of pyridine rings is 1. The number of rotatable bonds is 2. The normalized spacial score (nSPS) is 14.7. The standard InChI is InChI=1S/C16H11Cl2F4N3O/c17-9-10(19)12(21)14(13(22)11(9)20)24-4-6-25(7-5-24)16(26)8-2-1-3-23-15(8)18/h1-3H,4-7H2. The van der Waals surface area contributed by atoms with E-state index in [0.29, 0.717) is 0 Å². The Bertz CT molecular complexity index is 844. The van der Waals surface area contributed by atoms with Crippen molar-refractivity contribution < 1.29 is 22.4 Å². The predicted molar refractivity (Wildman–Crippen MR) is 88.6 cm³/mol. The van der Waals surface area contributed by atoms with Crippen LogP contribution in [0.15, 0.2) is 18.3 Å². The van der Waals surface area contributed by atoms with Crippen molar-refractivity contribution in [2.75, 3.05) is 31.1 Å². The summed E-state index contributed by atoms with van der Waals surface area (Å²) >= 11 is 11.1. The molecule has 0 spiro atoms. The quantitative estimate of drug-likeness (QED) is 0.327. The molecule has 0 unspecified atom stereocenters. The van der Waals surface area contributed by atoms with E-state index in [4.69, 9.17) is 23.2 Å². The van der Waals surface area contributed by atoms with Crippen LogP contribution in [0.3, 0.4) is 0 Å². The van der Waals surface area contributed by atoms with Crippen LogP contribution in [-0.4, -0.2) is 42.0 Å². The number of piperazine rings is 1. The molecule has 138 valence electrons. The molecule has 0 aliphatic carbocycles. The van der Waals surface area contributed by atoms with Gasteiger partial charge < -0.3 is 9.80 Å². The van der Waals surface area contributed by atoms with E-state index in [2.05, 4.69) is 4.98 Å². The number of aromatic nitrogens is 1. The second-order valence-electron chi connectivity index (χ2n) is 5.54. The Morgan fingerprint density at radius 3 is 2.08 bits per heavy atom. The maximum Gasteiger partial charge on any atom is 0.257 e. The first-order chi connectivity index (χ1) is 12.3. The third kappa shape index (κ3) is 3.19. The summed E-state index contributed by atoms with van der Waals surface area (Å²) in [6, 6.07) is 3.06. The van der Waals surface area contributed by atoms with Gasteiger partial charge in [0.05, 0.1) is 5.56 Å². The fourth-order valence-corrected chi connectivity index (χ4v) is 3.09. The van der Waals surface area contributed by atoms with Gasteiger partial charge in [-0.3, -0.25) is 4.79 Å². The Balaban J connectivity index is 1.80. The molecule has 2 aromatic rings. The number of carbonyl (C=O) groups excluding carboxylic acids is 1. The summed E-state index contributed by atoms with van der Waals surface area (Å²) in [5.41, 5.74) is -0.639. The molecule has 0 atom stereocenters. The van der Waals surface area contributed by atoms with E-state index >= 15 is 0 Å². The molecule has 4 nitrogen and oxygen atoms in total. The molecule has 10 heteroatoms. The average Bonchev–Trinajstić information content (AvgIpc) is 2.65. The van der Waals surface area contributed by atoms with Crippen LogP contribution in [0.1, 0.15) is 10.4 Å². The first kappa shape index (κ1) is 18.7. The summed E-state index contributed by atoms with van der Waals surface area (Å²) in [4.78, 5) is 18.8. The average molecular weight is 408 g/mol. The molecule has 1 aromatic carbocycles. The molecule has 2 heterocycles. The molecule has 1 aliphatic rings. The first-order valence-corrected chi connectivity index (χ1v) is 8.24. The maximum absolute atomic E-state index is 14.0. The lowest BCUT2D eigenvalue weighted by molar-refractivity contribution is 0.0746. The van der Waals surface area contributed by atoms with Crippen LogP contribution >= 0.6 is 23.2 Å². The molecule has 1 aromatic heterocycles. The molecule has 0 N–H and O–H groups in total. The van der Waals surface area contributed by atoms with E-state index in [1.165, 1.54) is 17.2 Å². The number of hydrogen-bond donors (Lipinski definition) is 0. The maximum atomic E-state index is 14.0. The zero-order valence-corrected chi connectivity index (χ0v) is 14.6. The van der Waals surface area contributed by atoms with Gasteiger partial charge in [-0.1, -0.05) is 23.2 Å². The zero-order valence-electron chi connectivity index (χ0n) is 13.1. The minimum absolute atomic E-state index is 0.0298. The van der Waals surface area contributed by atoms with Gasteiger partial charge in [0.25, 0.3) is 5.91 Å². The number of anilines is 1. The molecule has 1 aliphatic heterocycles. The van der Waals surface area contributed by atoms with Crippen molar-refractivity contribution in [1.82, 2.24) is 9.88 Å². The second kappa shape index (κ2) is 7.28. The monoisotopic (exact) mass is 407 g/mol. The summed E-state index contributed by atoms with van der Waals surface area (Å²) in [7, 11) is 0. The van der Waals surface area contributed by atoms with E-state index in [1.807, 2.05) is 0 Å². The molecular formula is C16H11Cl2F4N3O. The fourth-order valence-electron chi connectivity index (χ4n) is 2.72. The molecule has 1 saturated heterocycles. The summed E-state index contributed by atoms with van der Waals surface area (Å²) in [5.74, 6) is -6.83. The molecule has 1 amide bonds. The highest BCUT2D eigenvalue weighted by Crippen LogP contribution is 2.34. The van der Waals surface area contributed by atoms with Crippen LogP contribution in [0, 0.1) is 23.3 Å². The van der Waals surface area contributed by atoms with Crippen molar-refractivity contribution in [2.45, 2.75) is 0 Å². The van der Waals surface area contributed by atoms with E-state index in [0.717, 1.165) is 4.90 Å². The van der Waals surface area contributed by atoms with E-state index < -0.39 is 39.9 Å². The van der Waals surface area contributed by atoms with Gasteiger partial charge in [0.1, 0.15) is 15.9 Å². The largest absolute Gasteiger partial charge is 0.363 e. The molecule has 1 fully saturated rings. The lowest BCUT2D eigenvalue weighted by Crippen LogP contribution is -2.49. The SMILES string of the molecule is O=C(c1cccnc1Cl)N1CCN(c2c(F)c(F)c(Cl)c(F)c2F)CC1. The van der Waals surface area contributed by atoms with Gasteiger partial charge in [0.2, 0.25) is 0 Å². The van der Waals surface area contributed by atoms with Crippen LogP contribution in [0.5, 0.6) is 0 Å². The first-order valence-electron chi connectivity index (χ1n) is 7.49. The summed E-state index contributed by atoms with van der Waals surface area (Å²) in [6.07, 6.45) is 1.44.